The molecule has 0 rings (SSSR count). The van der Waals surface area contributed by atoms with Crippen LogP contribution in [0.1, 0.15) is 25.7 Å². The molecule has 0 spiro atoms. The van der Waals surface area contributed by atoms with E-state index in [1.807, 2.05) is 0 Å². The van der Waals surface area contributed by atoms with E-state index in [1.165, 1.54) is 0 Å². The van der Waals surface area contributed by atoms with Crippen molar-refractivity contribution in [1.82, 2.24) is 0 Å². The summed E-state index contributed by atoms with van der Waals surface area (Å²) in [5, 5.41) is 19.5. The molecule has 58 valence electrons. The largest absolute Gasteiger partial charge is 1.00 e. The van der Waals surface area contributed by atoms with E-state index in [0.29, 0.717) is 12.8 Å². The fourth-order valence-electron chi connectivity index (χ4n) is 0.539. The van der Waals surface area contributed by atoms with Gasteiger partial charge in [0.2, 0.25) is 0 Å². The van der Waals surface area contributed by atoms with E-state index in [4.69, 9.17) is 0 Å². The topological polar surface area (TPSA) is 80.3 Å². The van der Waals surface area contributed by atoms with Gasteiger partial charge in [-0.3, -0.25) is 0 Å². The molecule has 6 heteroatoms. The zero-order valence-corrected chi connectivity index (χ0v) is 11.5. The van der Waals surface area contributed by atoms with Crippen LogP contribution in [0.25, 0.3) is 0 Å². The van der Waals surface area contributed by atoms with E-state index in [1.54, 1.807) is 0 Å². The van der Waals surface area contributed by atoms with Crippen molar-refractivity contribution in [3.8, 4) is 0 Å². The predicted molar refractivity (Wildman–Crippen MR) is 28.5 cm³/mol. The Hall–Kier alpha value is 0.940. The van der Waals surface area contributed by atoms with E-state index < -0.39 is 11.9 Å². The molecule has 0 aliphatic rings. The molecule has 0 saturated carbocycles. The van der Waals surface area contributed by atoms with Gasteiger partial charge in [0.1, 0.15) is 0 Å². The van der Waals surface area contributed by atoms with Crippen LogP contribution >= 0.6 is 0 Å². The average Bonchev–Trinajstić information content (AvgIpc) is 1.79. The summed E-state index contributed by atoms with van der Waals surface area (Å²) in [6.45, 7) is 0. The first-order valence-electron chi connectivity index (χ1n) is 3.02. The summed E-state index contributed by atoms with van der Waals surface area (Å²) in [4.78, 5) is 19.5. The first-order valence-corrected chi connectivity index (χ1v) is 3.02. The van der Waals surface area contributed by atoms with Gasteiger partial charge in [-0.15, -0.1) is 0 Å². The Morgan fingerprint density at radius 3 is 1.25 bits per heavy atom. The molecule has 0 amide bonds. The Morgan fingerprint density at radius 2 is 1.08 bits per heavy atom. The second kappa shape index (κ2) is 11.9. The molecule has 0 aromatic heterocycles. The van der Waals surface area contributed by atoms with Crippen molar-refractivity contribution < 1.29 is 78.9 Å². The first-order chi connectivity index (χ1) is 4.63. The molecular weight excluding hydrogens is 188 g/mol. The molecule has 0 fully saturated rings. The van der Waals surface area contributed by atoms with Crippen LogP contribution in [0.4, 0.5) is 0 Å². The van der Waals surface area contributed by atoms with Gasteiger partial charge in [0, 0.05) is 11.9 Å². The van der Waals surface area contributed by atoms with Crippen LogP contribution in [0.15, 0.2) is 0 Å². The summed E-state index contributed by atoms with van der Waals surface area (Å²) < 4.78 is 0. The zero-order chi connectivity index (χ0) is 7.98. The number of hydrogen-bond acceptors (Lipinski definition) is 4. The zero-order valence-electron chi connectivity index (χ0n) is 7.46. The molecule has 0 saturated heterocycles. The quantitative estimate of drug-likeness (QED) is 0.248. The third-order valence-corrected chi connectivity index (χ3v) is 1.01. The van der Waals surface area contributed by atoms with Crippen LogP contribution in [0.3, 0.4) is 0 Å². The van der Waals surface area contributed by atoms with Gasteiger partial charge in [-0.05, 0) is 25.7 Å². The van der Waals surface area contributed by atoms with E-state index in [0.717, 1.165) is 0 Å². The Labute approximate surface area is 115 Å². The summed E-state index contributed by atoms with van der Waals surface area (Å²) >= 11 is 0. The maximum Gasteiger partial charge on any atom is 1.00 e. The van der Waals surface area contributed by atoms with Gasteiger partial charge >= 0.3 is 59.1 Å². The second-order valence-electron chi connectivity index (χ2n) is 1.95. The number of carbonyl (C=O) groups is 2. The summed E-state index contributed by atoms with van der Waals surface area (Å²) in [5.41, 5.74) is 0. The van der Waals surface area contributed by atoms with Gasteiger partial charge in [0.15, 0.2) is 0 Å². The van der Waals surface area contributed by atoms with Crippen molar-refractivity contribution in [2.75, 3.05) is 0 Å². The molecule has 0 atom stereocenters. The van der Waals surface area contributed by atoms with Gasteiger partial charge in [-0.25, -0.2) is 0 Å². The van der Waals surface area contributed by atoms with E-state index in [-0.39, 0.29) is 72.0 Å². The van der Waals surface area contributed by atoms with Crippen LogP contribution in [0.5, 0.6) is 0 Å². The minimum atomic E-state index is -1.14. The van der Waals surface area contributed by atoms with Crippen molar-refractivity contribution >= 4 is 11.9 Å². The van der Waals surface area contributed by atoms with Gasteiger partial charge < -0.3 is 19.8 Å². The van der Waals surface area contributed by atoms with Crippen molar-refractivity contribution in [2.24, 2.45) is 0 Å². The summed E-state index contributed by atoms with van der Waals surface area (Å²) in [5.74, 6) is -2.28. The van der Waals surface area contributed by atoms with Crippen LogP contribution in [0, 0.1) is 0 Å². The Balaban J connectivity index is -0.000000405. The van der Waals surface area contributed by atoms with Crippen LogP contribution < -0.4 is 69.3 Å². The van der Waals surface area contributed by atoms with Gasteiger partial charge in [0.25, 0.3) is 0 Å². The Morgan fingerprint density at radius 1 is 0.833 bits per heavy atom. The monoisotopic (exact) mass is 196 g/mol. The number of hydrogen-bond donors (Lipinski definition) is 0. The smallest absolute Gasteiger partial charge is 0.550 e. The number of unbranched alkanes of at least 4 members (excludes halogenated alkanes) is 1. The van der Waals surface area contributed by atoms with E-state index in [9.17, 15) is 19.8 Å². The fraction of sp³-hybridized carbons (Fsp3) is 0.667. The molecule has 0 heterocycles. The fourth-order valence-corrected chi connectivity index (χ4v) is 0.539. The molecule has 0 aromatic rings. The third-order valence-electron chi connectivity index (χ3n) is 1.01. The number of carboxylic acid groups (broad SMARTS) is 2. The first kappa shape index (κ1) is 18.7. The van der Waals surface area contributed by atoms with Crippen molar-refractivity contribution in [3.05, 3.63) is 0 Å². The molecule has 0 unspecified atom stereocenters. The van der Waals surface area contributed by atoms with E-state index >= 15 is 0 Å². The van der Waals surface area contributed by atoms with Crippen molar-refractivity contribution in [3.63, 3.8) is 0 Å². The molecule has 0 aliphatic carbocycles. The van der Waals surface area contributed by atoms with Gasteiger partial charge in [0.05, 0.1) is 0 Å². The van der Waals surface area contributed by atoms with Crippen molar-refractivity contribution in [1.29, 1.82) is 0 Å². The molecule has 0 N–H and O–H groups in total. The second-order valence-corrected chi connectivity index (χ2v) is 1.95. The van der Waals surface area contributed by atoms with Gasteiger partial charge in [-0.1, -0.05) is 0 Å². The molecule has 12 heavy (non-hydrogen) atoms. The molecular formula is C6H8Na2O4. The maximum absolute atomic E-state index is 9.77. The van der Waals surface area contributed by atoms with Crippen LogP contribution in [-0.4, -0.2) is 11.9 Å². The van der Waals surface area contributed by atoms with E-state index in [2.05, 4.69) is 0 Å². The van der Waals surface area contributed by atoms with Crippen molar-refractivity contribution in [2.45, 2.75) is 25.7 Å². The third kappa shape index (κ3) is 17.1. The molecule has 0 radical (unpaired) electrons. The molecule has 0 aliphatic heterocycles. The van der Waals surface area contributed by atoms with Crippen LogP contribution in [0.2, 0.25) is 0 Å². The Kier molecular flexibility index (Phi) is 18.6. The summed E-state index contributed by atoms with van der Waals surface area (Å²) in [6, 6.07) is 0. The Bertz CT molecular complexity index is 122. The molecule has 0 aromatic carbocycles. The normalized spacial score (nSPS) is 7.67. The van der Waals surface area contributed by atoms with Gasteiger partial charge in [-0.2, -0.15) is 0 Å². The molecule has 0 bridgehead atoms. The number of rotatable bonds is 5. The molecule has 4 nitrogen and oxygen atoms in total. The number of carboxylic acids is 2. The standard InChI is InChI=1S/C6H10O4.2Na/c7-5(8)3-1-2-4-6(9)10;;/h1-4H2,(H,7,8)(H,9,10);;/q;2*+1/p-2/i1+1,2+1,3+1,4+1,5+1,6+1;;. The minimum absolute atomic E-state index is 0. The summed E-state index contributed by atoms with van der Waals surface area (Å²) in [7, 11) is 0. The van der Waals surface area contributed by atoms with Crippen LogP contribution in [-0.2, 0) is 9.59 Å². The minimum Gasteiger partial charge on any atom is -0.550 e. The number of carbonyl (C=O) groups excluding carboxylic acids is 2. The number of aliphatic carboxylic acids is 2. The SMILES string of the molecule is O=[13C]([O-])[13CH2][13CH2][13CH2][13CH2][13C](=O)[O-].[Na+].[Na+]. The summed E-state index contributed by atoms with van der Waals surface area (Å²) in [6.07, 6.45) is 0.535. The predicted octanol–water partition coefficient (Wildman–Crippen LogP) is -7.95. The average molecular weight is 196 g/mol. The maximum atomic E-state index is 9.77.